The number of nitrogens with one attached hydrogen (secondary N) is 1. The van der Waals surface area contributed by atoms with Crippen molar-refractivity contribution in [3.63, 3.8) is 0 Å². The fourth-order valence-corrected chi connectivity index (χ4v) is 3.77. The van der Waals surface area contributed by atoms with E-state index in [2.05, 4.69) is 5.32 Å². The van der Waals surface area contributed by atoms with Crippen molar-refractivity contribution in [1.29, 1.82) is 0 Å². The van der Waals surface area contributed by atoms with Crippen LogP contribution in [0.5, 0.6) is 0 Å². The minimum atomic E-state index is -0.123. The molecule has 1 unspecified atom stereocenters. The van der Waals surface area contributed by atoms with Gasteiger partial charge in [-0.1, -0.05) is 24.3 Å². The molecule has 2 N–H and O–H groups in total. The van der Waals surface area contributed by atoms with Crippen molar-refractivity contribution in [3.05, 3.63) is 59.4 Å². The topological polar surface area (TPSA) is 32.3 Å². The molecule has 0 saturated carbocycles. The Kier molecular flexibility index (Phi) is 4.46. The zero-order valence-corrected chi connectivity index (χ0v) is 12.5. The molecule has 1 atom stereocenters. The number of aliphatic hydroxyl groups is 1. The van der Waals surface area contributed by atoms with Crippen LogP contribution in [-0.4, -0.2) is 17.5 Å². The van der Waals surface area contributed by atoms with Gasteiger partial charge in [0, 0.05) is 22.9 Å². The molecule has 0 saturated heterocycles. The summed E-state index contributed by atoms with van der Waals surface area (Å²) < 4.78 is 13.8. The fourth-order valence-electron chi connectivity index (χ4n) is 2.63. The van der Waals surface area contributed by atoms with Crippen LogP contribution in [0.15, 0.2) is 47.4 Å². The molecule has 0 radical (unpaired) electrons. The van der Waals surface area contributed by atoms with Crippen molar-refractivity contribution >= 4 is 17.4 Å². The van der Waals surface area contributed by atoms with Crippen LogP contribution in [0.3, 0.4) is 0 Å². The monoisotopic (exact) mass is 303 g/mol. The molecule has 0 amide bonds. The zero-order valence-electron chi connectivity index (χ0n) is 11.7. The third kappa shape index (κ3) is 3.22. The van der Waals surface area contributed by atoms with E-state index in [1.54, 1.807) is 17.8 Å². The Morgan fingerprint density at radius 1 is 1.19 bits per heavy atom. The predicted octanol–water partition coefficient (Wildman–Crippen LogP) is 4.01. The molecule has 0 aromatic heterocycles. The number of anilines is 1. The largest absolute Gasteiger partial charge is 0.396 e. The highest BCUT2D eigenvalue weighted by atomic mass is 32.2. The number of benzene rings is 2. The number of aliphatic hydroxyl groups excluding tert-OH is 1. The molecular formula is C17H18FNOS. The number of rotatable bonds is 4. The minimum absolute atomic E-state index is 0.123. The molecule has 3 rings (SSSR count). The first-order chi connectivity index (χ1) is 10.3. The van der Waals surface area contributed by atoms with Crippen molar-refractivity contribution in [3.8, 4) is 0 Å². The van der Waals surface area contributed by atoms with Gasteiger partial charge in [0.15, 0.2) is 0 Å². The molecule has 0 bridgehead atoms. The third-order valence-electron chi connectivity index (χ3n) is 3.72. The first kappa shape index (κ1) is 14.4. The van der Waals surface area contributed by atoms with Gasteiger partial charge >= 0.3 is 0 Å². The van der Waals surface area contributed by atoms with E-state index in [-0.39, 0.29) is 18.5 Å². The van der Waals surface area contributed by atoms with Crippen LogP contribution in [0.2, 0.25) is 0 Å². The lowest BCUT2D eigenvalue weighted by atomic mass is 10.0. The second kappa shape index (κ2) is 6.50. The Labute approximate surface area is 128 Å². The lowest BCUT2D eigenvalue weighted by Gasteiger charge is -2.27. The lowest BCUT2D eigenvalue weighted by Crippen LogP contribution is -2.16. The summed E-state index contributed by atoms with van der Waals surface area (Å²) in [6, 6.07) is 13.5. The average Bonchev–Trinajstić information content (AvgIpc) is 2.51. The van der Waals surface area contributed by atoms with E-state index in [0.29, 0.717) is 6.42 Å². The Bertz CT molecular complexity index is 615. The normalized spacial score (nSPS) is 17.3. The average molecular weight is 303 g/mol. The Morgan fingerprint density at radius 3 is 2.76 bits per heavy atom. The zero-order chi connectivity index (χ0) is 14.7. The van der Waals surface area contributed by atoms with Gasteiger partial charge in [-0.25, -0.2) is 4.39 Å². The Balaban J connectivity index is 1.78. The number of halogens is 1. The molecule has 1 aliphatic rings. The molecule has 1 aliphatic heterocycles. The predicted molar refractivity (Wildman–Crippen MR) is 85.3 cm³/mol. The summed E-state index contributed by atoms with van der Waals surface area (Å²) >= 11 is 1.60. The fraction of sp³-hybridized carbons (Fsp3) is 0.294. The molecule has 2 aromatic rings. The van der Waals surface area contributed by atoms with Gasteiger partial charge in [-0.15, -0.1) is 11.8 Å². The molecule has 0 fully saturated rings. The molecule has 4 heteroatoms. The number of hydrogen-bond donors (Lipinski definition) is 2. The van der Waals surface area contributed by atoms with Crippen LogP contribution < -0.4 is 5.32 Å². The second-order valence-corrected chi connectivity index (χ2v) is 6.27. The van der Waals surface area contributed by atoms with Gasteiger partial charge in [0.05, 0.1) is 6.04 Å². The standard InChI is InChI=1S/C17H18FNOS/c18-15-3-1-2-14-16(9-11-21-17(14)15)19-13-6-4-12(5-7-13)8-10-20/h1-7,16,19-20H,8-11H2. The smallest absolute Gasteiger partial charge is 0.137 e. The van der Waals surface area contributed by atoms with Crippen molar-refractivity contribution < 1.29 is 9.50 Å². The van der Waals surface area contributed by atoms with Gasteiger partial charge in [-0.05, 0) is 42.2 Å². The highest BCUT2D eigenvalue weighted by molar-refractivity contribution is 7.99. The van der Waals surface area contributed by atoms with Crippen LogP contribution in [0.1, 0.15) is 23.6 Å². The third-order valence-corrected chi connectivity index (χ3v) is 4.88. The van der Waals surface area contributed by atoms with E-state index >= 15 is 0 Å². The molecule has 0 spiro atoms. The van der Waals surface area contributed by atoms with Crippen LogP contribution in [0.4, 0.5) is 10.1 Å². The van der Waals surface area contributed by atoms with Crippen molar-refractivity contribution in [1.82, 2.24) is 0 Å². The molecule has 0 aliphatic carbocycles. The molecule has 21 heavy (non-hydrogen) atoms. The maximum absolute atomic E-state index is 13.8. The maximum atomic E-state index is 13.8. The highest BCUT2D eigenvalue weighted by Gasteiger charge is 2.22. The maximum Gasteiger partial charge on any atom is 0.137 e. The van der Waals surface area contributed by atoms with E-state index in [9.17, 15) is 4.39 Å². The van der Waals surface area contributed by atoms with E-state index < -0.39 is 0 Å². The summed E-state index contributed by atoms with van der Waals surface area (Å²) in [5.41, 5.74) is 3.20. The van der Waals surface area contributed by atoms with Gasteiger partial charge in [0.25, 0.3) is 0 Å². The van der Waals surface area contributed by atoms with Crippen LogP contribution in [-0.2, 0) is 6.42 Å². The summed E-state index contributed by atoms with van der Waals surface area (Å²) in [6.07, 6.45) is 1.66. The quantitative estimate of drug-likeness (QED) is 0.895. The minimum Gasteiger partial charge on any atom is -0.396 e. The summed E-state index contributed by atoms with van der Waals surface area (Å²) in [5, 5.41) is 12.4. The van der Waals surface area contributed by atoms with Crippen LogP contribution in [0, 0.1) is 5.82 Å². The van der Waals surface area contributed by atoms with Crippen LogP contribution in [0.25, 0.3) is 0 Å². The van der Waals surface area contributed by atoms with E-state index in [1.807, 2.05) is 30.3 Å². The summed E-state index contributed by atoms with van der Waals surface area (Å²) in [7, 11) is 0. The Morgan fingerprint density at radius 2 is 2.00 bits per heavy atom. The van der Waals surface area contributed by atoms with Gasteiger partial charge in [-0.2, -0.15) is 0 Å². The molecule has 2 aromatic carbocycles. The van der Waals surface area contributed by atoms with Crippen molar-refractivity contribution in [2.75, 3.05) is 17.7 Å². The first-order valence-corrected chi connectivity index (χ1v) is 8.14. The highest BCUT2D eigenvalue weighted by Crippen LogP contribution is 2.39. The van der Waals surface area contributed by atoms with Gasteiger partial charge in [-0.3, -0.25) is 0 Å². The molecule has 110 valence electrons. The van der Waals surface area contributed by atoms with Crippen molar-refractivity contribution in [2.45, 2.75) is 23.8 Å². The van der Waals surface area contributed by atoms with Gasteiger partial charge in [0.2, 0.25) is 0 Å². The number of hydrogen-bond acceptors (Lipinski definition) is 3. The van der Waals surface area contributed by atoms with Crippen molar-refractivity contribution in [2.24, 2.45) is 0 Å². The molecular weight excluding hydrogens is 285 g/mol. The molecule has 2 nitrogen and oxygen atoms in total. The van der Waals surface area contributed by atoms with Crippen LogP contribution >= 0.6 is 11.8 Å². The Hall–Kier alpha value is -1.52. The van der Waals surface area contributed by atoms with Gasteiger partial charge in [0.1, 0.15) is 5.82 Å². The number of thioether (sulfide) groups is 1. The SMILES string of the molecule is OCCc1ccc(NC2CCSc3c(F)cccc32)cc1. The lowest BCUT2D eigenvalue weighted by molar-refractivity contribution is 0.299. The van der Waals surface area contributed by atoms with Gasteiger partial charge < -0.3 is 10.4 Å². The summed E-state index contributed by atoms with van der Waals surface area (Å²) in [4.78, 5) is 0.776. The summed E-state index contributed by atoms with van der Waals surface area (Å²) in [6.45, 7) is 0.166. The second-order valence-electron chi connectivity index (χ2n) is 5.16. The molecule has 1 heterocycles. The first-order valence-electron chi connectivity index (χ1n) is 7.15. The summed E-state index contributed by atoms with van der Waals surface area (Å²) in [5.74, 6) is 0.802. The van der Waals surface area contributed by atoms with E-state index in [1.165, 1.54) is 6.07 Å². The van der Waals surface area contributed by atoms with E-state index in [4.69, 9.17) is 5.11 Å². The van der Waals surface area contributed by atoms with E-state index in [0.717, 1.165) is 33.9 Å². The number of fused-ring (bicyclic) bond motifs is 1.